The van der Waals surface area contributed by atoms with E-state index in [4.69, 9.17) is 11.6 Å². The van der Waals surface area contributed by atoms with Gasteiger partial charge in [-0.25, -0.2) is 0 Å². The lowest BCUT2D eigenvalue weighted by molar-refractivity contribution is 0.0931. The number of rotatable bonds is 4. The minimum atomic E-state index is -0.117. The summed E-state index contributed by atoms with van der Waals surface area (Å²) in [4.78, 5) is 16.7. The Kier molecular flexibility index (Phi) is 4.67. The molecule has 3 aromatic rings. The van der Waals surface area contributed by atoms with Crippen LogP contribution in [0.1, 0.15) is 29.0 Å². The number of nitrogens with one attached hydrogen (secondary N) is 1. The number of hydrogen-bond donors (Lipinski definition) is 1. The monoisotopic (exact) mass is 339 g/mol. The van der Waals surface area contributed by atoms with Gasteiger partial charge in [-0.05, 0) is 42.3 Å². The van der Waals surface area contributed by atoms with Crippen molar-refractivity contribution in [3.05, 3.63) is 77.3 Å². The molecule has 1 atom stereocenters. The van der Waals surface area contributed by atoms with Crippen LogP contribution in [-0.2, 0) is 7.05 Å². The standard InChI is InChI=1S/C19H18ClN3O/c1-13(15-4-3-9-21-11-15)22-19(24)18-10-16(12-23(18)2)14-5-7-17(20)8-6-14/h3-13H,1-2H3,(H,22,24)/t13-/m1/s1. The fourth-order valence-corrected chi connectivity index (χ4v) is 2.70. The van der Waals surface area contributed by atoms with Crippen molar-refractivity contribution in [1.82, 2.24) is 14.9 Å². The molecule has 1 aromatic carbocycles. The largest absolute Gasteiger partial charge is 0.346 e. The SMILES string of the molecule is C[C@@H](NC(=O)c1cc(-c2ccc(Cl)cc2)cn1C)c1cccnc1. The van der Waals surface area contributed by atoms with Gasteiger partial charge in [-0.15, -0.1) is 0 Å². The Bertz CT molecular complexity index is 841. The molecule has 4 nitrogen and oxygen atoms in total. The Morgan fingerprint density at radius 3 is 2.62 bits per heavy atom. The van der Waals surface area contributed by atoms with Crippen molar-refractivity contribution in [1.29, 1.82) is 0 Å². The van der Waals surface area contributed by atoms with Gasteiger partial charge in [-0.2, -0.15) is 0 Å². The van der Waals surface area contributed by atoms with Crippen molar-refractivity contribution in [3.63, 3.8) is 0 Å². The van der Waals surface area contributed by atoms with E-state index >= 15 is 0 Å². The van der Waals surface area contributed by atoms with Gasteiger partial charge in [0.15, 0.2) is 0 Å². The average Bonchev–Trinajstić information content (AvgIpc) is 2.98. The molecule has 5 heteroatoms. The van der Waals surface area contributed by atoms with E-state index in [0.29, 0.717) is 10.7 Å². The van der Waals surface area contributed by atoms with E-state index in [1.807, 2.05) is 67.2 Å². The predicted molar refractivity (Wildman–Crippen MR) is 96.0 cm³/mol. The van der Waals surface area contributed by atoms with Gasteiger partial charge in [-0.3, -0.25) is 9.78 Å². The van der Waals surface area contributed by atoms with Crippen LogP contribution in [0, 0.1) is 0 Å². The molecule has 0 radical (unpaired) electrons. The molecule has 0 aliphatic heterocycles. The molecule has 24 heavy (non-hydrogen) atoms. The molecule has 0 spiro atoms. The zero-order valence-corrected chi connectivity index (χ0v) is 14.3. The average molecular weight is 340 g/mol. The lowest BCUT2D eigenvalue weighted by Crippen LogP contribution is -2.28. The summed E-state index contributed by atoms with van der Waals surface area (Å²) >= 11 is 5.93. The van der Waals surface area contributed by atoms with Gasteiger partial charge < -0.3 is 9.88 Å². The first-order chi connectivity index (χ1) is 11.5. The first-order valence-electron chi connectivity index (χ1n) is 7.67. The molecule has 0 fully saturated rings. The Morgan fingerprint density at radius 1 is 1.21 bits per heavy atom. The molecule has 1 amide bonds. The normalized spacial score (nSPS) is 12.0. The number of aryl methyl sites for hydroxylation is 1. The third-order valence-corrected chi connectivity index (χ3v) is 4.20. The van der Waals surface area contributed by atoms with E-state index < -0.39 is 0 Å². The van der Waals surface area contributed by atoms with Crippen molar-refractivity contribution in [3.8, 4) is 11.1 Å². The highest BCUT2D eigenvalue weighted by Crippen LogP contribution is 2.24. The van der Waals surface area contributed by atoms with E-state index in [-0.39, 0.29) is 11.9 Å². The molecular formula is C19H18ClN3O. The molecule has 0 aliphatic carbocycles. The van der Waals surface area contributed by atoms with E-state index in [0.717, 1.165) is 16.7 Å². The summed E-state index contributed by atoms with van der Waals surface area (Å²) in [5.41, 5.74) is 3.58. The third kappa shape index (κ3) is 3.49. The Labute approximate surface area is 146 Å². The van der Waals surface area contributed by atoms with Crippen molar-refractivity contribution in [2.45, 2.75) is 13.0 Å². The van der Waals surface area contributed by atoms with Gasteiger partial charge in [0.1, 0.15) is 5.69 Å². The molecule has 0 saturated heterocycles. The van der Waals surface area contributed by atoms with Gasteiger partial charge in [-0.1, -0.05) is 29.8 Å². The summed E-state index contributed by atoms with van der Waals surface area (Å²) in [5.74, 6) is -0.117. The highest BCUT2D eigenvalue weighted by Gasteiger charge is 2.16. The highest BCUT2D eigenvalue weighted by molar-refractivity contribution is 6.30. The minimum absolute atomic E-state index is 0.111. The molecule has 0 saturated carbocycles. The minimum Gasteiger partial charge on any atom is -0.346 e. The van der Waals surface area contributed by atoms with Gasteiger partial charge in [0.05, 0.1) is 6.04 Å². The molecule has 0 aliphatic rings. The maximum atomic E-state index is 12.6. The number of carbonyl (C=O) groups is 1. The summed E-state index contributed by atoms with van der Waals surface area (Å²) in [5, 5.41) is 3.70. The molecule has 122 valence electrons. The fourth-order valence-electron chi connectivity index (χ4n) is 2.58. The van der Waals surface area contributed by atoms with Gasteiger partial charge in [0.2, 0.25) is 0 Å². The Balaban J connectivity index is 1.79. The van der Waals surface area contributed by atoms with Crippen molar-refractivity contribution in [2.24, 2.45) is 7.05 Å². The first kappa shape index (κ1) is 16.3. The van der Waals surface area contributed by atoms with Crippen LogP contribution in [0.15, 0.2) is 61.1 Å². The molecule has 2 aromatic heterocycles. The van der Waals surface area contributed by atoms with Gasteiger partial charge in [0.25, 0.3) is 5.91 Å². The summed E-state index contributed by atoms with van der Waals surface area (Å²) in [7, 11) is 1.86. The van der Waals surface area contributed by atoms with Crippen LogP contribution in [-0.4, -0.2) is 15.5 Å². The number of nitrogens with zero attached hydrogens (tertiary/aromatic N) is 2. The maximum Gasteiger partial charge on any atom is 0.268 e. The number of carbonyl (C=O) groups excluding carboxylic acids is 1. The third-order valence-electron chi connectivity index (χ3n) is 3.95. The zero-order valence-electron chi connectivity index (χ0n) is 13.5. The lowest BCUT2D eigenvalue weighted by atomic mass is 10.1. The first-order valence-corrected chi connectivity index (χ1v) is 8.05. The van der Waals surface area contributed by atoms with Crippen molar-refractivity contribution in [2.75, 3.05) is 0 Å². The summed E-state index contributed by atoms with van der Waals surface area (Å²) in [6.07, 6.45) is 5.41. The number of halogens is 1. The highest BCUT2D eigenvalue weighted by atomic mass is 35.5. The second-order valence-electron chi connectivity index (χ2n) is 5.71. The number of pyridine rings is 1. The van der Waals surface area contributed by atoms with Crippen LogP contribution >= 0.6 is 11.6 Å². The molecule has 0 bridgehead atoms. The van der Waals surface area contributed by atoms with Gasteiger partial charge in [0, 0.05) is 36.2 Å². The molecular weight excluding hydrogens is 322 g/mol. The second-order valence-corrected chi connectivity index (χ2v) is 6.15. The van der Waals surface area contributed by atoms with E-state index in [2.05, 4.69) is 10.3 Å². The fraction of sp³-hybridized carbons (Fsp3) is 0.158. The molecule has 2 heterocycles. The van der Waals surface area contributed by atoms with Crippen LogP contribution in [0.4, 0.5) is 0 Å². The maximum absolute atomic E-state index is 12.6. The molecule has 0 unspecified atom stereocenters. The second kappa shape index (κ2) is 6.89. The zero-order chi connectivity index (χ0) is 17.1. The number of hydrogen-bond acceptors (Lipinski definition) is 2. The number of benzene rings is 1. The van der Waals surface area contributed by atoms with Crippen LogP contribution in [0.3, 0.4) is 0 Å². The quantitative estimate of drug-likeness (QED) is 0.773. The Hall–Kier alpha value is -2.59. The predicted octanol–water partition coefficient (Wildman–Crippen LogP) is 4.23. The number of aromatic nitrogens is 2. The van der Waals surface area contributed by atoms with Crippen LogP contribution < -0.4 is 5.32 Å². The van der Waals surface area contributed by atoms with Crippen LogP contribution in [0.5, 0.6) is 0 Å². The van der Waals surface area contributed by atoms with Crippen LogP contribution in [0.2, 0.25) is 5.02 Å². The van der Waals surface area contributed by atoms with E-state index in [1.165, 1.54) is 0 Å². The lowest BCUT2D eigenvalue weighted by Gasteiger charge is -2.14. The van der Waals surface area contributed by atoms with E-state index in [1.54, 1.807) is 12.4 Å². The molecule has 3 rings (SSSR count). The molecule has 1 N–H and O–H groups in total. The summed E-state index contributed by atoms with van der Waals surface area (Å²) in [6, 6.07) is 13.1. The Morgan fingerprint density at radius 2 is 1.96 bits per heavy atom. The van der Waals surface area contributed by atoms with Crippen molar-refractivity contribution >= 4 is 17.5 Å². The summed E-state index contributed by atoms with van der Waals surface area (Å²) in [6.45, 7) is 1.94. The smallest absolute Gasteiger partial charge is 0.268 e. The topological polar surface area (TPSA) is 46.9 Å². The van der Waals surface area contributed by atoms with Gasteiger partial charge >= 0.3 is 0 Å². The summed E-state index contributed by atoms with van der Waals surface area (Å²) < 4.78 is 1.83. The number of amides is 1. The van der Waals surface area contributed by atoms with Crippen molar-refractivity contribution < 1.29 is 4.79 Å². The van der Waals surface area contributed by atoms with Crippen LogP contribution in [0.25, 0.3) is 11.1 Å². The van der Waals surface area contributed by atoms with E-state index in [9.17, 15) is 4.79 Å².